The van der Waals surface area contributed by atoms with Crippen LogP contribution in [0.25, 0.3) is 0 Å². The Morgan fingerprint density at radius 2 is 2.00 bits per heavy atom. The number of carbonyl (C=O) groups excluding carboxylic acids is 1. The van der Waals surface area contributed by atoms with Crippen molar-refractivity contribution >= 4 is 22.2 Å². The van der Waals surface area contributed by atoms with E-state index in [2.05, 4.69) is 15.9 Å². The molecule has 0 aromatic heterocycles. The summed E-state index contributed by atoms with van der Waals surface area (Å²) in [5.41, 5.74) is -0.727. The third kappa shape index (κ3) is 2.35. The Bertz CT molecular complexity index is 346. The predicted octanol–water partition coefficient (Wildman–Crippen LogP) is 3.41. The number of alkyl halides is 4. The van der Waals surface area contributed by atoms with Gasteiger partial charge < -0.3 is 0 Å². The van der Waals surface area contributed by atoms with Gasteiger partial charge in [0.25, 0.3) is 0 Å². The molecule has 14 heavy (non-hydrogen) atoms. The topological polar surface area (TPSA) is 17.1 Å². The quantitative estimate of drug-likeness (QED) is 0.592. The van der Waals surface area contributed by atoms with Gasteiger partial charge in [0.1, 0.15) is 0 Å². The minimum Gasteiger partial charge on any atom is -0.298 e. The van der Waals surface area contributed by atoms with Crippen LogP contribution in [0.3, 0.4) is 0 Å². The summed E-state index contributed by atoms with van der Waals surface area (Å²) in [6.45, 7) is 0. The maximum atomic E-state index is 12.4. The largest absolute Gasteiger partial charge is 0.417 e. The van der Waals surface area contributed by atoms with Crippen molar-refractivity contribution in [2.24, 2.45) is 0 Å². The van der Waals surface area contributed by atoms with Gasteiger partial charge in [-0.25, -0.2) is 0 Å². The highest BCUT2D eigenvalue weighted by molar-refractivity contribution is 9.08. The molecule has 0 saturated carbocycles. The minimum atomic E-state index is -4.48. The second kappa shape index (κ2) is 4.13. The van der Waals surface area contributed by atoms with Gasteiger partial charge in [-0.05, 0) is 11.6 Å². The molecule has 0 spiro atoms. The molecule has 0 heterocycles. The molecule has 0 atom stereocenters. The second-order valence-electron chi connectivity index (χ2n) is 2.67. The van der Waals surface area contributed by atoms with Crippen LogP contribution in [0.4, 0.5) is 13.2 Å². The SMILES string of the molecule is O=Cc1ccc(CBr)cc1C(F)(F)F. The molecule has 5 heteroatoms. The average molecular weight is 267 g/mol. The Morgan fingerprint density at radius 1 is 1.36 bits per heavy atom. The molecule has 1 rings (SSSR count). The summed E-state index contributed by atoms with van der Waals surface area (Å²) in [6, 6.07) is 3.62. The van der Waals surface area contributed by atoms with Crippen LogP contribution in [0, 0.1) is 0 Å². The van der Waals surface area contributed by atoms with Gasteiger partial charge in [-0.15, -0.1) is 0 Å². The summed E-state index contributed by atoms with van der Waals surface area (Å²) in [7, 11) is 0. The predicted molar refractivity (Wildman–Crippen MR) is 49.5 cm³/mol. The number of benzene rings is 1. The summed E-state index contributed by atoms with van der Waals surface area (Å²) in [4.78, 5) is 10.4. The molecule has 0 radical (unpaired) electrons. The highest BCUT2D eigenvalue weighted by Gasteiger charge is 2.33. The van der Waals surface area contributed by atoms with Gasteiger partial charge in [0, 0.05) is 10.9 Å². The molecule has 0 bridgehead atoms. The second-order valence-corrected chi connectivity index (χ2v) is 3.23. The van der Waals surface area contributed by atoms with Crippen molar-refractivity contribution in [3.63, 3.8) is 0 Å². The number of carbonyl (C=O) groups is 1. The molecule has 0 aliphatic carbocycles. The summed E-state index contributed by atoms with van der Waals surface area (Å²) < 4.78 is 37.1. The van der Waals surface area contributed by atoms with E-state index in [9.17, 15) is 18.0 Å². The summed E-state index contributed by atoms with van der Waals surface area (Å²) in [6.07, 6.45) is -4.27. The molecule has 0 fully saturated rings. The first kappa shape index (κ1) is 11.2. The highest BCUT2D eigenvalue weighted by Crippen LogP contribution is 2.32. The van der Waals surface area contributed by atoms with Crippen LogP contribution in [-0.4, -0.2) is 6.29 Å². The normalized spacial score (nSPS) is 11.4. The van der Waals surface area contributed by atoms with E-state index in [0.717, 1.165) is 6.07 Å². The van der Waals surface area contributed by atoms with Crippen molar-refractivity contribution < 1.29 is 18.0 Å². The fraction of sp³-hybridized carbons (Fsp3) is 0.222. The fourth-order valence-corrected chi connectivity index (χ4v) is 1.38. The summed E-state index contributed by atoms with van der Waals surface area (Å²) in [5.74, 6) is 0. The number of hydrogen-bond donors (Lipinski definition) is 0. The molecule has 0 aliphatic heterocycles. The van der Waals surface area contributed by atoms with E-state index in [1.807, 2.05) is 0 Å². The monoisotopic (exact) mass is 266 g/mol. The van der Waals surface area contributed by atoms with E-state index in [4.69, 9.17) is 0 Å². The Hall–Kier alpha value is -0.840. The van der Waals surface area contributed by atoms with E-state index in [1.165, 1.54) is 12.1 Å². The Morgan fingerprint density at radius 3 is 2.43 bits per heavy atom. The van der Waals surface area contributed by atoms with Crippen molar-refractivity contribution in [1.29, 1.82) is 0 Å². The maximum Gasteiger partial charge on any atom is 0.417 e. The van der Waals surface area contributed by atoms with Crippen molar-refractivity contribution in [2.75, 3.05) is 0 Å². The van der Waals surface area contributed by atoms with Gasteiger partial charge in [0.05, 0.1) is 5.56 Å². The molecule has 76 valence electrons. The first-order valence-electron chi connectivity index (χ1n) is 3.70. The van der Waals surface area contributed by atoms with Crippen molar-refractivity contribution in [2.45, 2.75) is 11.5 Å². The van der Waals surface area contributed by atoms with Gasteiger partial charge in [-0.1, -0.05) is 28.1 Å². The van der Waals surface area contributed by atoms with Crippen molar-refractivity contribution in [3.05, 3.63) is 34.9 Å². The number of halogens is 4. The molecule has 0 aliphatic rings. The molecular weight excluding hydrogens is 261 g/mol. The van der Waals surface area contributed by atoms with Crippen molar-refractivity contribution in [3.8, 4) is 0 Å². The van der Waals surface area contributed by atoms with E-state index < -0.39 is 11.7 Å². The van der Waals surface area contributed by atoms with E-state index in [-0.39, 0.29) is 11.8 Å². The third-order valence-electron chi connectivity index (χ3n) is 1.70. The van der Waals surface area contributed by atoms with Gasteiger partial charge in [-0.3, -0.25) is 4.79 Å². The van der Waals surface area contributed by atoms with Gasteiger partial charge in [0.2, 0.25) is 0 Å². The summed E-state index contributed by atoms with van der Waals surface area (Å²) in [5, 5.41) is 0.329. The molecule has 1 aromatic rings. The maximum absolute atomic E-state index is 12.4. The van der Waals surface area contributed by atoms with E-state index in [0.29, 0.717) is 10.9 Å². The van der Waals surface area contributed by atoms with Crippen LogP contribution in [0.1, 0.15) is 21.5 Å². The lowest BCUT2D eigenvalue weighted by atomic mass is 10.1. The van der Waals surface area contributed by atoms with E-state index >= 15 is 0 Å². The van der Waals surface area contributed by atoms with E-state index in [1.54, 1.807) is 0 Å². The zero-order chi connectivity index (χ0) is 10.8. The third-order valence-corrected chi connectivity index (χ3v) is 2.35. The standard InChI is InChI=1S/C9H6BrF3O/c10-4-6-1-2-7(5-14)8(3-6)9(11,12)13/h1-3,5H,4H2. The molecule has 0 saturated heterocycles. The average Bonchev–Trinajstić information content (AvgIpc) is 2.15. The van der Waals surface area contributed by atoms with Crippen molar-refractivity contribution in [1.82, 2.24) is 0 Å². The lowest BCUT2D eigenvalue weighted by molar-refractivity contribution is -0.137. The van der Waals surface area contributed by atoms with Crippen LogP contribution in [0.5, 0.6) is 0 Å². The number of hydrogen-bond acceptors (Lipinski definition) is 1. The molecule has 1 aromatic carbocycles. The fourth-order valence-electron chi connectivity index (χ4n) is 1.03. The zero-order valence-corrected chi connectivity index (χ0v) is 8.52. The van der Waals surface area contributed by atoms with Crippen LogP contribution in [0.15, 0.2) is 18.2 Å². The van der Waals surface area contributed by atoms with Gasteiger partial charge in [-0.2, -0.15) is 13.2 Å². The lowest BCUT2D eigenvalue weighted by Crippen LogP contribution is -2.09. The zero-order valence-electron chi connectivity index (χ0n) is 6.94. The molecule has 0 amide bonds. The van der Waals surface area contributed by atoms with Crippen LogP contribution < -0.4 is 0 Å². The molecule has 1 nitrogen and oxygen atoms in total. The molecule has 0 unspecified atom stereocenters. The summed E-state index contributed by atoms with van der Waals surface area (Å²) >= 11 is 3.05. The smallest absolute Gasteiger partial charge is 0.298 e. The minimum absolute atomic E-state index is 0.209. The number of rotatable bonds is 2. The number of aldehydes is 1. The van der Waals surface area contributed by atoms with Crippen LogP contribution >= 0.6 is 15.9 Å². The molecule has 0 N–H and O–H groups in total. The van der Waals surface area contributed by atoms with Crippen LogP contribution in [0.2, 0.25) is 0 Å². The lowest BCUT2D eigenvalue weighted by Gasteiger charge is -2.10. The molecular formula is C9H6BrF3O. The van der Waals surface area contributed by atoms with Gasteiger partial charge >= 0.3 is 6.18 Å². The van der Waals surface area contributed by atoms with Gasteiger partial charge in [0.15, 0.2) is 6.29 Å². The first-order valence-corrected chi connectivity index (χ1v) is 4.82. The Labute approximate surface area is 87.1 Å². The Balaban J connectivity index is 3.29. The first-order chi connectivity index (χ1) is 6.49. The highest BCUT2D eigenvalue weighted by atomic mass is 79.9. The van der Waals surface area contributed by atoms with Crippen LogP contribution in [-0.2, 0) is 11.5 Å². The Kier molecular flexibility index (Phi) is 3.31.